The molecule has 234 valence electrons. The van der Waals surface area contributed by atoms with E-state index in [4.69, 9.17) is 4.74 Å². The lowest BCUT2D eigenvalue weighted by molar-refractivity contribution is -0.137. The summed E-state index contributed by atoms with van der Waals surface area (Å²) in [7, 11) is 1.57. The van der Waals surface area contributed by atoms with Gasteiger partial charge in [-0.25, -0.2) is 4.79 Å². The Kier molecular flexibility index (Phi) is 10.0. The molecule has 5 rings (SSSR count). The van der Waals surface area contributed by atoms with Crippen LogP contribution in [-0.2, 0) is 28.7 Å². The first-order chi connectivity index (χ1) is 21.7. The van der Waals surface area contributed by atoms with E-state index in [1.807, 2.05) is 72.9 Å². The predicted molar refractivity (Wildman–Crippen MR) is 170 cm³/mol. The summed E-state index contributed by atoms with van der Waals surface area (Å²) in [4.78, 5) is 33.8. The number of carbonyl (C=O) groups is 2. The third kappa shape index (κ3) is 8.02. The lowest BCUT2D eigenvalue weighted by atomic mass is 10.1. The molecule has 10 heteroatoms. The Labute approximate surface area is 259 Å². The molecule has 0 radical (unpaired) electrons. The number of anilines is 1. The number of rotatable bonds is 12. The zero-order valence-electron chi connectivity index (χ0n) is 24.9. The van der Waals surface area contributed by atoms with Gasteiger partial charge in [0, 0.05) is 55.8 Å². The van der Waals surface area contributed by atoms with Crippen LogP contribution in [0.25, 0.3) is 21.7 Å². The minimum absolute atomic E-state index is 0.0934. The maximum atomic E-state index is 13.9. The number of fused-ring (bicyclic) bond motifs is 2. The second-order valence-electron chi connectivity index (χ2n) is 10.8. The summed E-state index contributed by atoms with van der Waals surface area (Å²) in [5.41, 5.74) is 2.42. The third-order valence-electron chi connectivity index (χ3n) is 7.75. The fourth-order valence-electron chi connectivity index (χ4n) is 5.35. The molecule has 0 atom stereocenters. The Morgan fingerprint density at radius 2 is 1.56 bits per heavy atom. The second-order valence-corrected chi connectivity index (χ2v) is 10.8. The smallest absolute Gasteiger partial charge is 0.385 e. The molecule has 2 N–H and O–H groups in total. The van der Waals surface area contributed by atoms with Gasteiger partial charge in [0.15, 0.2) is 0 Å². The average molecular weight is 617 g/mol. The number of H-pyrrole nitrogens is 1. The summed E-state index contributed by atoms with van der Waals surface area (Å²) < 4.78 is 44.7. The summed E-state index contributed by atoms with van der Waals surface area (Å²) in [5.74, 6) is -0.319. The van der Waals surface area contributed by atoms with Gasteiger partial charge >= 0.3 is 12.2 Å². The SMILES string of the molecule is COCCCN(CC(=O)N(CCc1c[nH]c2ccccc12)Cc1ccc(C(F)(F)F)cc1)C(=O)Nc1cccc2ccccc12. The van der Waals surface area contributed by atoms with Gasteiger partial charge in [-0.15, -0.1) is 0 Å². The van der Waals surface area contributed by atoms with Crippen LogP contribution in [0, 0.1) is 0 Å². The molecule has 0 fully saturated rings. The molecule has 0 spiro atoms. The maximum absolute atomic E-state index is 13.9. The lowest BCUT2D eigenvalue weighted by Crippen LogP contribution is -2.45. The normalized spacial score (nSPS) is 11.6. The number of halogens is 3. The fraction of sp³-hybridized carbons (Fsp3) is 0.257. The van der Waals surface area contributed by atoms with E-state index in [9.17, 15) is 22.8 Å². The molecule has 3 amide bonds. The number of nitrogens with one attached hydrogen (secondary N) is 2. The van der Waals surface area contributed by atoms with E-state index >= 15 is 0 Å². The van der Waals surface area contributed by atoms with Crippen LogP contribution in [0.2, 0.25) is 0 Å². The molecule has 7 nitrogen and oxygen atoms in total. The standard InChI is InChI=1S/C35H35F3N4O3/c1-45-21-7-19-42(34(44)40-32-13-6-9-26-8-2-3-10-29(26)32)24-33(43)41(23-25-14-16-28(17-15-25)35(36,37)38)20-18-27-22-39-31-12-5-4-11-30(27)31/h2-6,8-17,22,39H,7,18-21,23-24H2,1H3,(H,40,44). The molecular weight excluding hydrogens is 581 g/mol. The van der Waals surface area contributed by atoms with Crippen molar-refractivity contribution in [2.75, 3.05) is 38.7 Å². The maximum Gasteiger partial charge on any atom is 0.416 e. The van der Waals surface area contributed by atoms with Crippen LogP contribution in [0.15, 0.2) is 97.2 Å². The molecule has 0 aliphatic rings. The third-order valence-corrected chi connectivity index (χ3v) is 7.75. The van der Waals surface area contributed by atoms with Gasteiger partial charge in [0.2, 0.25) is 5.91 Å². The van der Waals surface area contributed by atoms with E-state index in [0.29, 0.717) is 37.2 Å². The van der Waals surface area contributed by atoms with Crippen molar-refractivity contribution in [2.24, 2.45) is 0 Å². The van der Waals surface area contributed by atoms with Crippen LogP contribution in [0.4, 0.5) is 23.7 Å². The summed E-state index contributed by atoms with van der Waals surface area (Å²) in [6.07, 6.45) is -1.52. The number of benzene rings is 4. The Morgan fingerprint density at radius 1 is 0.844 bits per heavy atom. The van der Waals surface area contributed by atoms with Crippen LogP contribution in [0.1, 0.15) is 23.1 Å². The number of carbonyl (C=O) groups excluding carboxylic acids is 2. The molecule has 5 aromatic rings. The Bertz CT molecular complexity index is 1750. The van der Waals surface area contributed by atoms with Gasteiger partial charge < -0.3 is 24.8 Å². The van der Waals surface area contributed by atoms with Crippen molar-refractivity contribution in [3.8, 4) is 0 Å². The molecule has 0 unspecified atom stereocenters. The van der Waals surface area contributed by atoms with E-state index in [1.54, 1.807) is 12.0 Å². The number of methoxy groups -OCH3 is 1. The van der Waals surface area contributed by atoms with E-state index in [0.717, 1.165) is 39.4 Å². The van der Waals surface area contributed by atoms with Gasteiger partial charge in [-0.05, 0) is 53.6 Å². The Balaban J connectivity index is 1.36. The summed E-state index contributed by atoms with van der Waals surface area (Å²) in [5, 5.41) is 5.85. The topological polar surface area (TPSA) is 77.7 Å². The monoisotopic (exact) mass is 616 g/mol. The molecule has 0 bridgehead atoms. The van der Waals surface area contributed by atoms with Crippen LogP contribution in [0.3, 0.4) is 0 Å². The van der Waals surface area contributed by atoms with Crippen LogP contribution < -0.4 is 5.32 Å². The predicted octanol–water partition coefficient (Wildman–Crippen LogP) is 7.48. The molecule has 0 saturated heterocycles. The first-order valence-corrected chi connectivity index (χ1v) is 14.7. The number of hydrogen-bond acceptors (Lipinski definition) is 3. The molecule has 0 saturated carbocycles. The minimum Gasteiger partial charge on any atom is -0.385 e. The Morgan fingerprint density at radius 3 is 2.31 bits per heavy atom. The van der Waals surface area contributed by atoms with Crippen LogP contribution in [0.5, 0.6) is 0 Å². The highest BCUT2D eigenvalue weighted by Gasteiger charge is 2.30. The number of nitrogens with zero attached hydrogens (tertiary/aromatic N) is 2. The first-order valence-electron chi connectivity index (χ1n) is 14.7. The summed E-state index contributed by atoms with van der Waals surface area (Å²) in [6, 6.07) is 25.5. The zero-order valence-corrected chi connectivity index (χ0v) is 24.9. The lowest BCUT2D eigenvalue weighted by Gasteiger charge is -2.28. The van der Waals surface area contributed by atoms with Crippen molar-refractivity contribution in [1.82, 2.24) is 14.8 Å². The number of para-hydroxylation sites is 1. The van der Waals surface area contributed by atoms with E-state index < -0.39 is 17.8 Å². The number of hydrogen-bond donors (Lipinski definition) is 2. The zero-order chi connectivity index (χ0) is 31.8. The van der Waals surface area contributed by atoms with Gasteiger partial charge in [0.25, 0.3) is 0 Å². The van der Waals surface area contributed by atoms with Crippen LogP contribution in [-0.4, -0.2) is 60.1 Å². The number of alkyl halides is 3. The van der Waals surface area contributed by atoms with Gasteiger partial charge in [-0.2, -0.15) is 13.2 Å². The van der Waals surface area contributed by atoms with Crippen molar-refractivity contribution in [3.05, 3.63) is 114 Å². The number of aromatic nitrogens is 1. The number of urea groups is 1. The van der Waals surface area contributed by atoms with Gasteiger partial charge in [0.05, 0.1) is 11.3 Å². The average Bonchev–Trinajstić information content (AvgIpc) is 3.45. The van der Waals surface area contributed by atoms with Crippen molar-refractivity contribution in [1.29, 1.82) is 0 Å². The van der Waals surface area contributed by atoms with Crippen molar-refractivity contribution < 1.29 is 27.5 Å². The van der Waals surface area contributed by atoms with Crippen molar-refractivity contribution in [2.45, 2.75) is 25.6 Å². The molecule has 0 aliphatic heterocycles. The molecule has 1 heterocycles. The summed E-state index contributed by atoms with van der Waals surface area (Å²) in [6.45, 7) is 0.860. The van der Waals surface area contributed by atoms with Crippen molar-refractivity contribution in [3.63, 3.8) is 0 Å². The van der Waals surface area contributed by atoms with Gasteiger partial charge in [-0.1, -0.05) is 66.7 Å². The molecule has 45 heavy (non-hydrogen) atoms. The van der Waals surface area contributed by atoms with Gasteiger partial charge in [0.1, 0.15) is 6.54 Å². The van der Waals surface area contributed by atoms with E-state index in [-0.39, 0.29) is 25.5 Å². The van der Waals surface area contributed by atoms with Gasteiger partial charge in [-0.3, -0.25) is 4.79 Å². The van der Waals surface area contributed by atoms with Crippen molar-refractivity contribution >= 4 is 39.3 Å². The minimum atomic E-state index is -4.45. The highest BCUT2D eigenvalue weighted by Crippen LogP contribution is 2.29. The highest BCUT2D eigenvalue weighted by atomic mass is 19.4. The number of aromatic amines is 1. The number of ether oxygens (including phenoxy) is 1. The fourth-order valence-corrected chi connectivity index (χ4v) is 5.35. The highest BCUT2D eigenvalue weighted by molar-refractivity contribution is 6.02. The molecule has 0 aliphatic carbocycles. The Hall–Kier alpha value is -4.83. The molecular formula is C35H35F3N4O3. The second kappa shape index (κ2) is 14.3. The van der Waals surface area contributed by atoms with E-state index in [2.05, 4.69) is 10.3 Å². The number of amides is 3. The first kappa shape index (κ1) is 31.6. The molecule has 4 aromatic carbocycles. The van der Waals surface area contributed by atoms with E-state index in [1.165, 1.54) is 17.0 Å². The molecule has 1 aromatic heterocycles. The quantitative estimate of drug-likeness (QED) is 0.143. The summed E-state index contributed by atoms with van der Waals surface area (Å²) >= 11 is 0. The largest absolute Gasteiger partial charge is 0.416 e. The van der Waals surface area contributed by atoms with Crippen LogP contribution >= 0.6 is 0 Å².